The van der Waals surface area contributed by atoms with Gasteiger partial charge in [0, 0.05) is 25.3 Å². The Kier molecular flexibility index (Phi) is 4.59. The molecule has 7 heteroatoms. The maximum Gasteiger partial charge on any atom is 0.279 e. The maximum absolute atomic E-state index is 13.2. The van der Waals surface area contributed by atoms with Crippen LogP contribution in [-0.2, 0) is 11.2 Å². The number of hydrogen-bond donors (Lipinski definition) is 2. The highest BCUT2D eigenvalue weighted by Gasteiger charge is 2.37. The summed E-state index contributed by atoms with van der Waals surface area (Å²) >= 11 is 1.12. The van der Waals surface area contributed by atoms with Gasteiger partial charge < -0.3 is 15.3 Å². The van der Waals surface area contributed by atoms with E-state index in [2.05, 4.69) is 5.32 Å². The van der Waals surface area contributed by atoms with E-state index >= 15 is 0 Å². The zero-order chi connectivity index (χ0) is 16.4. The molecule has 0 spiro atoms. The van der Waals surface area contributed by atoms with Gasteiger partial charge in [0.05, 0.1) is 5.60 Å². The molecule has 5 nitrogen and oxygen atoms in total. The number of nitrogens with zero attached hydrogens (tertiary/aromatic N) is 1. The molecule has 2 fully saturated rings. The minimum Gasteiger partial charge on any atom is -0.389 e. The minimum atomic E-state index is -0.918. The molecule has 1 aromatic carbocycles. The molecule has 2 aliphatic heterocycles. The summed E-state index contributed by atoms with van der Waals surface area (Å²) in [5, 5.41) is 13.2. The van der Waals surface area contributed by atoms with Crippen molar-refractivity contribution in [3.05, 3.63) is 35.6 Å². The van der Waals surface area contributed by atoms with E-state index in [4.69, 9.17) is 0 Å². The first-order valence-electron chi connectivity index (χ1n) is 7.64. The molecule has 2 saturated heterocycles. The quantitative estimate of drug-likeness (QED) is 0.877. The lowest BCUT2D eigenvalue weighted by atomic mass is 9.85. The normalized spacial score (nSPS) is 23.7. The van der Waals surface area contributed by atoms with Gasteiger partial charge in [-0.25, -0.2) is 4.39 Å². The van der Waals surface area contributed by atoms with Crippen molar-refractivity contribution in [2.45, 2.75) is 30.9 Å². The number of amides is 2. The Morgan fingerprint density at radius 3 is 2.78 bits per heavy atom. The number of thioether (sulfide) groups is 1. The van der Waals surface area contributed by atoms with Crippen molar-refractivity contribution < 1.29 is 19.1 Å². The summed E-state index contributed by atoms with van der Waals surface area (Å²) in [6.45, 7) is 0.892. The molecule has 2 heterocycles. The first-order chi connectivity index (χ1) is 11.0. The topological polar surface area (TPSA) is 69.6 Å². The number of benzene rings is 1. The lowest BCUT2D eigenvalue weighted by molar-refractivity contribution is -0.136. The van der Waals surface area contributed by atoms with E-state index in [-0.39, 0.29) is 17.0 Å². The number of carbonyl (C=O) groups excluding carboxylic acids is 2. The second-order valence-corrected chi connectivity index (χ2v) is 7.14. The average Bonchev–Trinajstić information content (AvgIpc) is 2.93. The van der Waals surface area contributed by atoms with Crippen LogP contribution in [0.15, 0.2) is 24.3 Å². The van der Waals surface area contributed by atoms with Crippen molar-refractivity contribution in [1.82, 2.24) is 10.2 Å². The molecular weight excluding hydrogens is 319 g/mol. The van der Waals surface area contributed by atoms with Crippen LogP contribution in [0.2, 0.25) is 0 Å². The van der Waals surface area contributed by atoms with Crippen molar-refractivity contribution >= 4 is 22.9 Å². The molecule has 0 aromatic heterocycles. The van der Waals surface area contributed by atoms with Crippen molar-refractivity contribution in [1.29, 1.82) is 0 Å². The third kappa shape index (κ3) is 3.84. The lowest BCUT2D eigenvalue weighted by Gasteiger charge is -2.39. The summed E-state index contributed by atoms with van der Waals surface area (Å²) in [7, 11) is 0. The van der Waals surface area contributed by atoms with E-state index in [0.29, 0.717) is 38.1 Å². The zero-order valence-corrected chi connectivity index (χ0v) is 13.4. The van der Waals surface area contributed by atoms with Crippen molar-refractivity contribution in [2.24, 2.45) is 0 Å². The highest BCUT2D eigenvalue weighted by Crippen LogP contribution is 2.27. The predicted molar refractivity (Wildman–Crippen MR) is 85.6 cm³/mol. The van der Waals surface area contributed by atoms with Crippen LogP contribution in [0.1, 0.15) is 18.4 Å². The van der Waals surface area contributed by atoms with Crippen LogP contribution in [-0.4, -0.2) is 51.6 Å². The Morgan fingerprint density at radius 2 is 2.17 bits per heavy atom. The number of hydrogen-bond acceptors (Lipinski definition) is 4. The van der Waals surface area contributed by atoms with Gasteiger partial charge in [0.25, 0.3) is 5.24 Å². The van der Waals surface area contributed by atoms with Gasteiger partial charge in [0.2, 0.25) is 5.91 Å². The lowest BCUT2D eigenvalue weighted by Crippen LogP contribution is -2.52. The molecule has 0 radical (unpaired) electrons. The van der Waals surface area contributed by atoms with Crippen molar-refractivity contribution in [3.63, 3.8) is 0 Å². The molecule has 2 amide bonds. The fraction of sp³-hybridized carbons (Fsp3) is 0.500. The molecule has 0 bridgehead atoms. The van der Waals surface area contributed by atoms with E-state index in [0.717, 1.165) is 17.3 Å². The van der Waals surface area contributed by atoms with Crippen molar-refractivity contribution in [3.8, 4) is 0 Å². The summed E-state index contributed by atoms with van der Waals surface area (Å²) in [4.78, 5) is 25.2. The van der Waals surface area contributed by atoms with Crippen LogP contribution >= 0.6 is 11.8 Å². The third-order valence-corrected chi connectivity index (χ3v) is 5.28. The fourth-order valence-electron chi connectivity index (χ4n) is 3.09. The smallest absolute Gasteiger partial charge is 0.279 e. The number of aliphatic hydroxyl groups is 1. The second kappa shape index (κ2) is 6.49. The van der Waals surface area contributed by atoms with Crippen LogP contribution in [0, 0.1) is 5.82 Å². The summed E-state index contributed by atoms with van der Waals surface area (Å²) < 4.78 is 13.2. The molecular formula is C16H19FN2O3S. The minimum absolute atomic E-state index is 0.0869. The van der Waals surface area contributed by atoms with Crippen LogP contribution < -0.4 is 5.32 Å². The van der Waals surface area contributed by atoms with E-state index < -0.39 is 11.6 Å². The summed E-state index contributed by atoms with van der Waals surface area (Å²) in [5.41, 5.74) is -0.162. The van der Waals surface area contributed by atoms with Crippen LogP contribution in [0.5, 0.6) is 0 Å². The Balaban J connectivity index is 1.57. The number of carbonyl (C=O) groups is 2. The molecule has 0 saturated carbocycles. The van der Waals surface area contributed by atoms with Gasteiger partial charge in [-0.2, -0.15) is 0 Å². The molecule has 0 unspecified atom stereocenters. The molecule has 3 rings (SSSR count). The number of nitrogens with one attached hydrogen (secondary N) is 1. The SMILES string of the molecule is O=C1N[C@H](C(=O)N2CCC(O)(Cc3cccc(F)c3)CC2)CS1. The largest absolute Gasteiger partial charge is 0.389 e. The highest BCUT2D eigenvalue weighted by atomic mass is 32.2. The molecule has 1 atom stereocenters. The van der Waals surface area contributed by atoms with E-state index in [9.17, 15) is 19.1 Å². The standard InChI is InChI=1S/C16H19FN2O3S/c17-12-3-1-2-11(8-12)9-16(22)4-6-19(7-5-16)14(20)13-10-23-15(21)18-13/h1-3,8,13,22H,4-7,9-10H2,(H,18,21)/t13-/m0/s1. The summed E-state index contributed by atoms with van der Waals surface area (Å²) in [6, 6.07) is 5.78. The Morgan fingerprint density at radius 1 is 1.43 bits per heavy atom. The van der Waals surface area contributed by atoms with E-state index in [1.807, 2.05) is 0 Å². The first kappa shape index (κ1) is 16.3. The summed E-state index contributed by atoms with van der Waals surface area (Å²) in [6.07, 6.45) is 1.27. The monoisotopic (exact) mass is 338 g/mol. The first-order valence-corrected chi connectivity index (χ1v) is 8.63. The van der Waals surface area contributed by atoms with Gasteiger partial charge in [0.1, 0.15) is 11.9 Å². The number of halogens is 1. The Bertz CT molecular complexity index is 617. The van der Waals surface area contributed by atoms with Crippen molar-refractivity contribution in [2.75, 3.05) is 18.8 Å². The van der Waals surface area contributed by atoms with E-state index in [1.165, 1.54) is 12.1 Å². The van der Waals surface area contributed by atoms with Gasteiger partial charge in [-0.1, -0.05) is 23.9 Å². The predicted octanol–water partition coefficient (Wildman–Crippen LogP) is 1.55. The van der Waals surface area contributed by atoms with Crippen LogP contribution in [0.25, 0.3) is 0 Å². The molecule has 23 heavy (non-hydrogen) atoms. The van der Waals surface area contributed by atoms with Gasteiger partial charge >= 0.3 is 0 Å². The molecule has 1 aromatic rings. The van der Waals surface area contributed by atoms with Gasteiger partial charge in [-0.05, 0) is 30.5 Å². The van der Waals surface area contributed by atoms with E-state index in [1.54, 1.807) is 17.0 Å². The second-order valence-electron chi connectivity index (χ2n) is 6.15. The number of rotatable bonds is 3. The molecule has 124 valence electrons. The van der Waals surface area contributed by atoms with Gasteiger partial charge in [-0.15, -0.1) is 0 Å². The molecule has 2 aliphatic rings. The molecule has 2 N–H and O–H groups in total. The zero-order valence-electron chi connectivity index (χ0n) is 12.6. The maximum atomic E-state index is 13.2. The van der Waals surface area contributed by atoms with Gasteiger partial charge in [0.15, 0.2) is 0 Å². The third-order valence-electron chi connectivity index (χ3n) is 4.40. The fourth-order valence-corrected chi connectivity index (χ4v) is 3.85. The molecule has 0 aliphatic carbocycles. The number of likely N-dealkylation sites (tertiary alicyclic amines) is 1. The summed E-state index contributed by atoms with van der Waals surface area (Å²) in [5.74, 6) is 0.0613. The average molecular weight is 338 g/mol. The Labute approximate surface area is 138 Å². The highest BCUT2D eigenvalue weighted by molar-refractivity contribution is 8.14. The van der Waals surface area contributed by atoms with Crippen LogP contribution in [0.3, 0.4) is 0 Å². The Hall–Kier alpha value is -1.60. The van der Waals surface area contributed by atoms with Gasteiger partial charge in [-0.3, -0.25) is 9.59 Å². The van der Waals surface area contributed by atoms with Crippen LogP contribution in [0.4, 0.5) is 9.18 Å². The number of piperidine rings is 1.